The first-order valence-corrected chi connectivity index (χ1v) is 7.75. The topological polar surface area (TPSA) is 88.8 Å². The van der Waals surface area contributed by atoms with Gasteiger partial charge < -0.3 is 16.4 Å². The molecular formula is C18H20N6. The maximum atomic E-state index is 6.21. The van der Waals surface area contributed by atoms with E-state index in [0.29, 0.717) is 23.1 Å². The Morgan fingerprint density at radius 1 is 0.958 bits per heavy atom. The van der Waals surface area contributed by atoms with Crippen LogP contribution in [0.5, 0.6) is 0 Å². The van der Waals surface area contributed by atoms with Gasteiger partial charge in [0.1, 0.15) is 17.8 Å². The summed E-state index contributed by atoms with van der Waals surface area (Å²) in [6.45, 7) is 4.05. The van der Waals surface area contributed by atoms with Gasteiger partial charge in [-0.1, -0.05) is 36.4 Å². The second-order valence-corrected chi connectivity index (χ2v) is 5.61. The minimum atomic E-state index is 0.0775. The summed E-state index contributed by atoms with van der Waals surface area (Å²) in [6, 6.07) is 14.1. The quantitative estimate of drug-likeness (QED) is 0.664. The van der Waals surface area contributed by atoms with Crippen molar-refractivity contribution in [1.82, 2.24) is 15.0 Å². The SMILES string of the molecule is Cc1ccc(Nc2ncnc(NC(C)c3ccccc3)c2N)nc1. The second kappa shape index (κ2) is 6.95. The van der Waals surface area contributed by atoms with Crippen LogP contribution in [0.3, 0.4) is 0 Å². The lowest BCUT2D eigenvalue weighted by molar-refractivity contribution is 0.873. The van der Waals surface area contributed by atoms with Gasteiger partial charge in [-0.25, -0.2) is 15.0 Å². The summed E-state index contributed by atoms with van der Waals surface area (Å²) >= 11 is 0. The molecule has 2 aromatic heterocycles. The third-order valence-corrected chi connectivity index (χ3v) is 3.69. The van der Waals surface area contributed by atoms with Crippen LogP contribution in [-0.2, 0) is 0 Å². The van der Waals surface area contributed by atoms with Gasteiger partial charge in [-0.2, -0.15) is 0 Å². The molecule has 0 aliphatic heterocycles. The normalized spacial score (nSPS) is 11.8. The molecule has 0 bridgehead atoms. The summed E-state index contributed by atoms with van der Waals surface area (Å²) in [6.07, 6.45) is 3.27. The Hall–Kier alpha value is -3.15. The third-order valence-electron chi connectivity index (χ3n) is 3.69. The van der Waals surface area contributed by atoms with Crippen molar-refractivity contribution in [2.45, 2.75) is 19.9 Å². The van der Waals surface area contributed by atoms with Crippen LogP contribution < -0.4 is 16.4 Å². The lowest BCUT2D eigenvalue weighted by atomic mass is 10.1. The zero-order chi connectivity index (χ0) is 16.9. The van der Waals surface area contributed by atoms with E-state index in [1.807, 2.05) is 37.3 Å². The molecule has 0 aliphatic rings. The maximum Gasteiger partial charge on any atom is 0.160 e. The van der Waals surface area contributed by atoms with Gasteiger partial charge in [0.25, 0.3) is 0 Å². The first kappa shape index (κ1) is 15.7. The molecule has 3 rings (SSSR count). The summed E-state index contributed by atoms with van der Waals surface area (Å²) in [7, 11) is 0. The van der Waals surface area contributed by atoms with Gasteiger partial charge in [0.15, 0.2) is 11.6 Å². The van der Waals surface area contributed by atoms with Gasteiger partial charge in [-0.3, -0.25) is 0 Å². The number of anilines is 4. The molecule has 1 atom stereocenters. The maximum absolute atomic E-state index is 6.21. The number of nitrogens with zero attached hydrogens (tertiary/aromatic N) is 3. The number of hydrogen-bond donors (Lipinski definition) is 3. The smallest absolute Gasteiger partial charge is 0.160 e. The highest BCUT2D eigenvalue weighted by Gasteiger charge is 2.12. The summed E-state index contributed by atoms with van der Waals surface area (Å²) in [5.74, 6) is 1.81. The summed E-state index contributed by atoms with van der Waals surface area (Å²) in [4.78, 5) is 12.8. The highest BCUT2D eigenvalue weighted by molar-refractivity contribution is 5.77. The lowest BCUT2D eigenvalue weighted by Crippen LogP contribution is -2.11. The molecule has 0 saturated heterocycles. The summed E-state index contributed by atoms with van der Waals surface area (Å²) in [5, 5.41) is 6.45. The highest BCUT2D eigenvalue weighted by Crippen LogP contribution is 2.28. The number of nitrogens with two attached hydrogens (primary N) is 1. The van der Waals surface area contributed by atoms with E-state index >= 15 is 0 Å². The molecule has 6 nitrogen and oxygen atoms in total. The van der Waals surface area contributed by atoms with E-state index in [1.54, 1.807) is 6.20 Å². The van der Waals surface area contributed by atoms with Crippen molar-refractivity contribution in [2.75, 3.05) is 16.4 Å². The number of aromatic nitrogens is 3. The van der Waals surface area contributed by atoms with E-state index in [1.165, 1.54) is 6.33 Å². The Morgan fingerprint density at radius 2 is 1.71 bits per heavy atom. The number of nitrogens with one attached hydrogen (secondary N) is 2. The molecule has 4 N–H and O–H groups in total. The van der Waals surface area contributed by atoms with Gasteiger partial charge in [0.2, 0.25) is 0 Å². The fourth-order valence-electron chi connectivity index (χ4n) is 2.30. The van der Waals surface area contributed by atoms with E-state index in [2.05, 4.69) is 44.6 Å². The minimum absolute atomic E-state index is 0.0775. The van der Waals surface area contributed by atoms with Crippen LogP contribution in [0.25, 0.3) is 0 Å². The van der Waals surface area contributed by atoms with Crippen LogP contribution in [-0.4, -0.2) is 15.0 Å². The lowest BCUT2D eigenvalue weighted by Gasteiger charge is -2.17. The summed E-state index contributed by atoms with van der Waals surface area (Å²) in [5.41, 5.74) is 8.92. The molecule has 6 heteroatoms. The zero-order valence-electron chi connectivity index (χ0n) is 13.7. The molecule has 0 radical (unpaired) electrons. The molecule has 2 heterocycles. The first-order valence-electron chi connectivity index (χ1n) is 7.75. The largest absolute Gasteiger partial charge is 0.393 e. The number of pyridine rings is 1. The number of rotatable bonds is 5. The third kappa shape index (κ3) is 3.60. The molecule has 1 unspecified atom stereocenters. The van der Waals surface area contributed by atoms with Crippen molar-refractivity contribution in [2.24, 2.45) is 0 Å². The number of aryl methyl sites for hydroxylation is 1. The molecule has 0 fully saturated rings. The first-order chi connectivity index (χ1) is 11.6. The predicted octanol–water partition coefficient (Wildman–Crippen LogP) is 3.68. The summed E-state index contributed by atoms with van der Waals surface area (Å²) < 4.78 is 0. The van der Waals surface area contributed by atoms with Crippen LogP contribution >= 0.6 is 0 Å². The highest BCUT2D eigenvalue weighted by atomic mass is 15.1. The second-order valence-electron chi connectivity index (χ2n) is 5.61. The van der Waals surface area contributed by atoms with Crippen molar-refractivity contribution in [1.29, 1.82) is 0 Å². The predicted molar refractivity (Wildman–Crippen MR) is 97.2 cm³/mol. The molecular weight excluding hydrogens is 300 g/mol. The standard InChI is InChI=1S/C18H20N6/c1-12-8-9-15(20-10-12)24-18-16(19)17(21-11-22-18)23-13(2)14-6-4-3-5-7-14/h3-11,13H,19H2,1-2H3,(H2,20,21,22,23,24). The molecule has 0 spiro atoms. The van der Waals surface area contributed by atoms with Crippen molar-refractivity contribution in [3.63, 3.8) is 0 Å². The van der Waals surface area contributed by atoms with Crippen molar-refractivity contribution in [3.05, 3.63) is 66.1 Å². The molecule has 3 aromatic rings. The van der Waals surface area contributed by atoms with Gasteiger partial charge in [0, 0.05) is 6.20 Å². The van der Waals surface area contributed by atoms with E-state index in [4.69, 9.17) is 5.73 Å². The number of hydrogen-bond acceptors (Lipinski definition) is 6. The molecule has 1 aromatic carbocycles. The molecule has 0 amide bonds. The monoisotopic (exact) mass is 320 g/mol. The fraction of sp³-hybridized carbons (Fsp3) is 0.167. The van der Waals surface area contributed by atoms with E-state index < -0.39 is 0 Å². The fourth-order valence-corrected chi connectivity index (χ4v) is 2.30. The van der Waals surface area contributed by atoms with E-state index in [9.17, 15) is 0 Å². The molecule has 24 heavy (non-hydrogen) atoms. The van der Waals surface area contributed by atoms with Gasteiger partial charge in [-0.15, -0.1) is 0 Å². The van der Waals surface area contributed by atoms with Crippen molar-refractivity contribution in [3.8, 4) is 0 Å². The minimum Gasteiger partial charge on any atom is -0.393 e. The van der Waals surface area contributed by atoms with E-state index in [-0.39, 0.29) is 6.04 Å². The number of benzene rings is 1. The Labute approximate surface area is 141 Å². The van der Waals surface area contributed by atoms with Crippen molar-refractivity contribution < 1.29 is 0 Å². The molecule has 0 saturated carbocycles. The van der Waals surface area contributed by atoms with Crippen LogP contribution in [0.2, 0.25) is 0 Å². The average Bonchev–Trinajstić information content (AvgIpc) is 2.61. The van der Waals surface area contributed by atoms with Gasteiger partial charge in [0.05, 0.1) is 6.04 Å². The van der Waals surface area contributed by atoms with Crippen LogP contribution in [0.4, 0.5) is 23.1 Å². The zero-order valence-corrected chi connectivity index (χ0v) is 13.7. The van der Waals surface area contributed by atoms with Crippen LogP contribution in [0.1, 0.15) is 24.1 Å². The van der Waals surface area contributed by atoms with Crippen LogP contribution in [0, 0.1) is 6.92 Å². The Bertz CT molecular complexity index is 801. The molecule has 0 aliphatic carbocycles. The average molecular weight is 320 g/mol. The Morgan fingerprint density at radius 3 is 2.42 bits per heavy atom. The molecule has 122 valence electrons. The van der Waals surface area contributed by atoms with Gasteiger partial charge >= 0.3 is 0 Å². The van der Waals surface area contributed by atoms with Gasteiger partial charge in [-0.05, 0) is 31.0 Å². The number of nitrogen functional groups attached to an aromatic ring is 1. The van der Waals surface area contributed by atoms with Crippen molar-refractivity contribution >= 4 is 23.1 Å². The Balaban J connectivity index is 1.79. The Kier molecular flexibility index (Phi) is 4.56. The van der Waals surface area contributed by atoms with Crippen LogP contribution in [0.15, 0.2) is 55.0 Å². The van der Waals surface area contributed by atoms with E-state index in [0.717, 1.165) is 11.1 Å².